The van der Waals surface area contributed by atoms with E-state index in [2.05, 4.69) is 10.9 Å². The number of methoxy groups -OCH3 is 2. The van der Waals surface area contributed by atoms with Crippen LogP contribution >= 0.6 is 11.3 Å². The number of aromatic nitrogens is 1. The minimum Gasteiger partial charge on any atom is -0.497 e. The summed E-state index contributed by atoms with van der Waals surface area (Å²) in [6, 6.07) is 11.9. The van der Waals surface area contributed by atoms with Crippen molar-refractivity contribution in [2.75, 3.05) is 19.1 Å². The Morgan fingerprint density at radius 2 is 1.77 bits per heavy atom. The third-order valence-corrected chi connectivity index (χ3v) is 4.55. The van der Waals surface area contributed by atoms with Gasteiger partial charge in [0.15, 0.2) is 5.01 Å². The van der Waals surface area contributed by atoms with E-state index in [0.717, 1.165) is 11.3 Å². The molecule has 0 aliphatic carbocycles. The summed E-state index contributed by atoms with van der Waals surface area (Å²) in [4.78, 5) is 6.46. The van der Waals surface area contributed by atoms with Crippen molar-refractivity contribution in [1.29, 1.82) is 0 Å². The topological polar surface area (TPSA) is 34.6 Å². The highest BCUT2D eigenvalue weighted by Gasteiger charge is 2.16. The maximum Gasteiger partial charge on any atom is 0.168 e. The van der Waals surface area contributed by atoms with Gasteiger partial charge in [-0.15, -0.1) is 17.8 Å². The normalized spacial score (nSPS) is 10.2. The minimum atomic E-state index is -0.272. The second kappa shape index (κ2) is 7.89. The molecule has 2 aromatic carbocycles. The number of hydrogen-bond acceptors (Lipinski definition) is 5. The first kappa shape index (κ1) is 17.8. The highest BCUT2D eigenvalue weighted by atomic mass is 32.1. The van der Waals surface area contributed by atoms with Crippen molar-refractivity contribution in [1.82, 2.24) is 4.98 Å². The Morgan fingerprint density at radius 3 is 2.31 bits per heavy atom. The van der Waals surface area contributed by atoms with Gasteiger partial charge in [0.05, 0.1) is 19.9 Å². The molecule has 0 unspecified atom stereocenters. The number of terminal acetylenes is 1. The minimum absolute atomic E-state index is 0.272. The van der Waals surface area contributed by atoms with E-state index in [1.54, 1.807) is 32.4 Å². The van der Waals surface area contributed by atoms with Gasteiger partial charge in [-0.2, -0.15) is 0 Å². The summed E-state index contributed by atoms with van der Waals surface area (Å²) >= 11 is 1.39. The van der Waals surface area contributed by atoms with E-state index >= 15 is 0 Å². The second-order valence-electron chi connectivity index (χ2n) is 5.44. The predicted octanol–water partition coefficient (Wildman–Crippen LogP) is 4.62. The molecule has 1 heterocycles. The summed E-state index contributed by atoms with van der Waals surface area (Å²) in [5, 5.41) is 2.49. The van der Waals surface area contributed by atoms with Crippen LogP contribution in [0, 0.1) is 18.2 Å². The number of rotatable bonds is 6. The zero-order valence-electron chi connectivity index (χ0n) is 14.4. The standard InChI is InChI=1S/C20H17FN2O2S/c1-4-20-22-19(13-26-20)23(12-14-5-7-15(21)8-6-14)16-9-17(24-2)11-18(10-16)25-3/h1,5-11,13H,12H2,2-3H3. The van der Waals surface area contributed by atoms with Gasteiger partial charge in [-0.3, -0.25) is 0 Å². The summed E-state index contributed by atoms with van der Waals surface area (Å²) in [5.41, 5.74) is 1.77. The second-order valence-corrected chi connectivity index (χ2v) is 6.30. The van der Waals surface area contributed by atoms with Crippen molar-refractivity contribution in [3.8, 4) is 23.8 Å². The summed E-state index contributed by atoms with van der Waals surface area (Å²) < 4.78 is 24.0. The number of thiazole rings is 1. The molecule has 3 aromatic rings. The summed E-state index contributed by atoms with van der Waals surface area (Å²) in [6.07, 6.45) is 5.46. The van der Waals surface area contributed by atoms with Crippen molar-refractivity contribution in [2.24, 2.45) is 0 Å². The lowest BCUT2D eigenvalue weighted by Gasteiger charge is -2.24. The van der Waals surface area contributed by atoms with Gasteiger partial charge >= 0.3 is 0 Å². The van der Waals surface area contributed by atoms with Crippen molar-refractivity contribution in [3.63, 3.8) is 0 Å². The van der Waals surface area contributed by atoms with Crippen LogP contribution in [-0.2, 0) is 6.54 Å². The number of ether oxygens (including phenoxy) is 2. The molecule has 132 valence electrons. The lowest BCUT2D eigenvalue weighted by Crippen LogP contribution is -2.17. The van der Waals surface area contributed by atoms with Crippen LogP contribution in [0.2, 0.25) is 0 Å². The molecule has 0 fully saturated rings. The average molecular weight is 368 g/mol. The van der Waals surface area contributed by atoms with E-state index < -0.39 is 0 Å². The highest BCUT2D eigenvalue weighted by Crippen LogP contribution is 2.34. The molecule has 0 saturated heterocycles. The zero-order valence-corrected chi connectivity index (χ0v) is 15.2. The van der Waals surface area contributed by atoms with Crippen LogP contribution in [-0.4, -0.2) is 19.2 Å². The largest absolute Gasteiger partial charge is 0.497 e. The molecule has 1 aromatic heterocycles. The smallest absolute Gasteiger partial charge is 0.168 e. The Balaban J connectivity index is 2.05. The summed E-state index contributed by atoms with van der Waals surface area (Å²) in [5.74, 6) is 4.32. The molecule has 0 saturated carbocycles. The number of halogens is 1. The molecule has 0 radical (unpaired) electrons. The van der Waals surface area contributed by atoms with Gasteiger partial charge in [0.2, 0.25) is 0 Å². The third kappa shape index (κ3) is 3.95. The van der Waals surface area contributed by atoms with Gasteiger partial charge in [-0.05, 0) is 23.6 Å². The van der Waals surface area contributed by atoms with Crippen LogP contribution in [0.25, 0.3) is 0 Å². The van der Waals surface area contributed by atoms with Crippen molar-refractivity contribution >= 4 is 22.8 Å². The molecule has 0 aliphatic rings. The average Bonchev–Trinajstić information content (AvgIpc) is 3.16. The highest BCUT2D eigenvalue weighted by molar-refractivity contribution is 7.10. The number of hydrogen-bond donors (Lipinski definition) is 0. The monoisotopic (exact) mass is 368 g/mol. The van der Waals surface area contributed by atoms with E-state index in [1.165, 1.54) is 23.5 Å². The fourth-order valence-electron chi connectivity index (χ4n) is 2.48. The van der Waals surface area contributed by atoms with E-state index in [-0.39, 0.29) is 5.82 Å². The first-order valence-electron chi connectivity index (χ1n) is 7.80. The fourth-order valence-corrected chi connectivity index (χ4v) is 3.09. The van der Waals surface area contributed by atoms with Crippen LogP contribution in [0.15, 0.2) is 47.8 Å². The molecule has 0 spiro atoms. The van der Waals surface area contributed by atoms with E-state index in [0.29, 0.717) is 28.9 Å². The lowest BCUT2D eigenvalue weighted by atomic mass is 10.2. The van der Waals surface area contributed by atoms with Crippen LogP contribution in [0.3, 0.4) is 0 Å². The lowest BCUT2D eigenvalue weighted by molar-refractivity contribution is 0.394. The van der Waals surface area contributed by atoms with Crippen LogP contribution in [0.5, 0.6) is 11.5 Å². The molecule has 0 N–H and O–H groups in total. The molecule has 0 atom stereocenters. The maximum atomic E-state index is 13.2. The number of benzene rings is 2. The van der Waals surface area contributed by atoms with Crippen molar-refractivity contribution in [2.45, 2.75) is 6.54 Å². The zero-order chi connectivity index (χ0) is 18.5. The molecule has 26 heavy (non-hydrogen) atoms. The van der Waals surface area contributed by atoms with E-state index in [4.69, 9.17) is 15.9 Å². The third-order valence-electron chi connectivity index (χ3n) is 3.79. The van der Waals surface area contributed by atoms with E-state index in [9.17, 15) is 4.39 Å². The van der Waals surface area contributed by atoms with Gasteiger partial charge in [0.1, 0.15) is 23.1 Å². The van der Waals surface area contributed by atoms with Gasteiger partial charge < -0.3 is 14.4 Å². The molecule has 6 heteroatoms. The van der Waals surface area contributed by atoms with Crippen molar-refractivity contribution in [3.05, 3.63) is 64.2 Å². The van der Waals surface area contributed by atoms with Gasteiger partial charge in [-0.1, -0.05) is 12.1 Å². The molecular weight excluding hydrogens is 351 g/mol. The first-order valence-corrected chi connectivity index (χ1v) is 8.68. The van der Waals surface area contributed by atoms with Gasteiger partial charge in [0, 0.05) is 30.1 Å². The number of nitrogens with zero attached hydrogens (tertiary/aromatic N) is 2. The Hall–Kier alpha value is -3.04. The molecule has 0 bridgehead atoms. The summed E-state index contributed by atoms with van der Waals surface area (Å²) in [6.45, 7) is 0.490. The fraction of sp³-hybridized carbons (Fsp3) is 0.150. The van der Waals surface area contributed by atoms with Gasteiger partial charge in [-0.25, -0.2) is 9.37 Å². The SMILES string of the molecule is C#Cc1nc(N(Cc2ccc(F)cc2)c2cc(OC)cc(OC)c2)cs1. The van der Waals surface area contributed by atoms with Crippen molar-refractivity contribution < 1.29 is 13.9 Å². The van der Waals surface area contributed by atoms with Crippen LogP contribution in [0.4, 0.5) is 15.9 Å². The number of anilines is 2. The maximum absolute atomic E-state index is 13.2. The Bertz CT molecular complexity index is 909. The predicted molar refractivity (Wildman–Crippen MR) is 102 cm³/mol. The molecule has 4 nitrogen and oxygen atoms in total. The molecule has 0 aliphatic heterocycles. The Labute approximate surface area is 155 Å². The van der Waals surface area contributed by atoms with Gasteiger partial charge in [0.25, 0.3) is 0 Å². The first-order chi connectivity index (χ1) is 12.6. The summed E-state index contributed by atoms with van der Waals surface area (Å²) in [7, 11) is 3.20. The van der Waals surface area contributed by atoms with Crippen LogP contribution < -0.4 is 14.4 Å². The van der Waals surface area contributed by atoms with E-state index in [1.807, 2.05) is 22.4 Å². The Kier molecular flexibility index (Phi) is 5.40. The quantitative estimate of drug-likeness (QED) is 0.595. The Morgan fingerprint density at radius 1 is 1.12 bits per heavy atom. The molecular formula is C20H17FN2O2S. The molecule has 0 amide bonds. The molecule has 3 rings (SSSR count). The van der Waals surface area contributed by atoms with Crippen LogP contribution in [0.1, 0.15) is 10.6 Å².